The van der Waals surface area contributed by atoms with Crippen molar-refractivity contribution in [3.05, 3.63) is 29.1 Å². The summed E-state index contributed by atoms with van der Waals surface area (Å²) in [5, 5.41) is 0. The van der Waals surface area contributed by atoms with E-state index in [2.05, 4.69) is 0 Å². The van der Waals surface area contributed by atoms with Crippen LogP contribution in [0.3, 0.4) is 0 Å². The molecule has 5 aliphatic carbocycles. The third kappa shape index (κ3) is 3.92. The summed E-state index contributed by atoms with van der Waals surface area (Å²) in [4.78, 5) is 12.5. The van der Waals surface area contributed by atoms with Gasteiger partial charge in [-0.2, -0.15) is 0 Å². The first-order chi connectivity index (χ1) is 14.3. The third-order valence-electron chi connectivity index (χ3n) is 7.91. The molecule has 0 amide bonds. The minimum absolute atomic E-state index is 0.115. The lowest BCUT2D eigenvalue weighted by Crippen LogP contribution is -2.48. The number of sulfone groups is 1. The molecule has 5 saturated carbocycles. The van der Waals surface area contributed by atoms with Gasteiger partial charge >= 0.3 is 0 Å². The summed E-state index contributed by atoms with van der Waals surface area (Å²) in [6.07, 6.45) is 9.81. The Balaban J connectivity index is 1.37. The SMILES string of the molecule is CCS(=O)(=O)CC(=O)c1cc(C2CC2)c(OCC23CC4CC(CC(C4)C2)C3)cc1F. The van der Waals surface area contributed by atoms with Gasteiger partial charge in [0.25, 0.3) is 0 Å². The second-order valence-corrected chi connectivity index (χ2v) is 12.8. The molecule has 1 aromatic rings. The summed E-state index contributed by atoms with van der Waals surface area (Å²) >= 11 is 0. The maximum atomic E-state index is 14.8. The third-order valence-corrected chi connectivity index (χ3v) is 9.49. The molecule has 30 heavy (non-hydrogen) atoms. The van der Waals surface area contributed by atoms with Gasteiger partial charge in [0.1, 0.15) is 17.3 Å². The highest BCUT2D eigenvalue weighted by Gasteiger charge is 2.51. The lowest BCUT2D eigenvalue weighted by molar-refractivity contribution is -0.0747. The quantitative estimate of drug-likeness (QED) is 0.545. The predicted octanol–water partition coefficient (Wildman–Crippen LogP) is 4.92. The zero-order valence-corrected chi connectivity index (χ0v) is 18.5. The van der Waals surface area contributed by atoms with Crippen LogP contribution in [0.15, 0.2) is 12.1 Å². The summed E-state index contributed by atoms with van der Waals surface area (Å²) in [5.41, 5.74) is 0.991. The fourth-order valence-electron chi connectivity index (χ4n) is 6.70. The Morgan fingerprint density at radius 1 is 1.10 bits per heavy atom. The summed E-state index contributed by atoms with van der Waals surface area (Å²) in [6.45, 7) is 2.13. The molecule has 5 aliphatic rings. The number of ketones is 1. The Morgan fingerprint density at radius 2 is 1.70 bits per heavy atom. The van der Waals surface area contributed by atoms with Gasteiger partial charge in [-0.3, -0.25) is 4.79 Å². The summed E-state index contributed by atoms with van der Waals surface area (Å²) in [6, 6.07) is 2.90. The molecule has 1 aromatic carbocycles. The molecule has 0 saturated heterocycles. The monoisotopic (exact) mass is 434 g/mol. The average molecular weight is 435 g/mol. The second kappa shape index (κ2) is 7.32. The molecule has 4 nitrogen and oxygen atoms in total. The van der Waals surface area contributed by atoms with Gasteiger partial charge in [-0.25, -0.2) is 12.8 Å². The van der Waals surface area contributed by atoms with Crippen molar-refractivity contribution in [2.75, 3.05) is 18.1 Å². The van der Waals surface area contributed by atoms with Gasteiger partial charge in [0.05, 0.1) is 12.2 Å². The van der Waals surface area contributed by atoms with Gasteiger partial charge in [0.2, 0.25) is 0 Å². The molecule has 0 N–H and O–H groups in total. The van der Waals surface area contributed by atoms with Crippen molar-refractivity contribution in [1.29, 1.82) is 0 Å². The van der Waals surface area contributed by atoms with Crippen LogP contribution in [0.1, 0.15) is 80.1 Å². The Hall–Kier alpha value is -1.43. The van der Waals surface area contributed by atoms with Crippen LogP contribution in [0.25, 0.3) is 0 Å². The number of carbonyl (C=O) groups is 1. The van der Waals surface area contributed by atoms with Gasteiger partial charge < -0.3 is 4.74 Å². The van der Waals surface area contributed by atoms with Crippen LogP contribution in [-0.2, 0) is 9.84 Å². The van der Waals surface area contributed by atoms with E-state index < -0.39 is 27.2 Å². The Bertz CT molecular complexity index is 928. The smallest absolute Gasteiger partial charge is 0.180 e. The van der Waals surface area contributed by atoms with Crippen molar-refractivity contribution >= 4 is 15.6 Å². The first-order valence-corrected chi connectivity index (χ1v) is 13.3. The number of hydrogen-bond donors (Lipinski definition) is 0. The molecule has 164 valence electrons. The van der Waals surface area contributed by atoms with Gasteiger partial charge in [-0.1, -0.05) is 6.92 Å². The zero-order valence-electron chi connectivity index (χ0n) is 17.7. The van der Waals surface area contributed by atoms with E-state index in [1.54, 1.807) is 6.07 Å². The number of ether oxygens (including phenoxy) is 1. The highest BCUT2D eigenvalue weighted by molar-refractivity contribution is 7.92. The summed E-state index contributed by atoms with van der Waals surface area (Å²) in [7, 11) is -3.49. The largest absolute Gasteiger partial charge is 0.493 e. The van der Waals surface area contributed by atoms with Crippen LogP contribution in [0.4, 0.5) is 4.39 Å². The van der Waals surface area contributed by atoms with Crippen LogP contribution in [-0.4, -0.2) is 32.3 Å². The maximum Gasteiger partial charge on any atom is 0.180 e. The highest BCUT2D eigenvalue weighted by atomic mass is 32.2. The Morgan fingerprint density at radius 3 is 2.23 bits per heavy atom. The van der Waals surface area contributed by atoms with E-state index in [1.807, 2.05) is 0 Å². The van der Waals surface area contributed by atoms with Gasteiger partial charge in [0, 0.05) is 17.2 Å². The molecular formula is C24H31FO4S. The van der Waals surface area contributed by atoms with Crippen molar-refractivity contribution in [1.82, 2.24) is 0 Å². The number of hydrogen-bond acceptors (Lipinski definition) is 4. The molecule has 0 spiro atoms. The second-order valence-electron chi connectivity index (χ2n) is 10.5. The molecule has 0 aromatic heterocycles. The van der Waals surface area contributed by atoms with Crippen molar-refractivity contribution in [2.24, 2.45) is 23.2 Å². The van der Waals surface area contributed by atoms with E-state index in [0.29, 0.717) is 12.4 Å². The van der Waals surface area contributed by atoms with Crippen molar-refractivity contribution in [3.63, 3.8) is 0 Å². The minimum atomic E-state index is -3.49. The Kier molecular flexibility index (Phi) is 4.99. The minimum Gasteiger partial charge on any atom is -0.493 e. The molecule has 4 bridgehead atoms. The number of halogens is 1. The van der Waals surface area contributed by atoms with Crippen LogP contribution < -0.4 is 4.74 Å². The van der Waals surface area contributed by atoms with E-state index in [1.165, 1.54) is 51.5 Å². The van der Waals surface area contributed by atoms with Gasteiger partial charge in [0.15, 0.2) is 15.6 Å². The molecule has 5 fully saturated rings. The lowest BCUT2D eigenvalue weighted by atomic mass is 9.50. The fourth-order valence-corrected chi connectivity index (χ4v) is 7.46. The molecule has 6 rings (SSSR count). The predicted molar refractivity (Wildman–Crippen MR) is 113 cm³/mol. The number of Topliss-reactive ketones (excluding diaryl/α,β-unsaturated/α-hetero) is 1. The molecule has 6 heteroatoms. The van der Waals surface area contributed by atoms with Crippen LogP contribution >= 0.6 is 0 Å². The van der Waals surface area contributed by atoms with Crippen molar-refractivity contribution in [2.45, 2.75) is 64.2 Å². The maximum absolute atomic E-state index is 14.8. The molecule has 0 atom stereocenters. The average Bonchev–Trinajstić information content (AvgIpc) is 3.50. The zero-order chi connectivity index (χ0) is 21.1. The highest BCUT2D eigenvalue weighted by Crippen LogP contribution is 2.60. The normalized spacial score (nSPS) is 32.4. The van der Waals surface area contributed by atoms with Crippen LogP contribution in [0.5, 0.6) is 5.75 Å². The van der Waals surface area contributed by atoms with Crippen LogP contribution in [0, 0.1) is 29.0 Å². The molecule has 0 unspecified atom stereocenters. The number of rotatable bonds is 8. The van der Waals surface area contributed by atoms with E-state index in [9.17, 15) is 17.6 Å². The van der Waals surface area contributed by atoms with Crippen LogP contribution in [0.2, 0.25) is 0 Å². The van der Waals surface area contributed by atoms with Crippen molar-refractivity contribution in [3.8, 4) is 5.75 Å². The summed E-state index contributed by atoms with van der Waals surface area (Å²) in [5.74, 6) is 1.24. The first kappa shape index (κ1) is 20.5. The molecule has 0 radical (unpaired) electrons. The molecule has 0 heterocycles. The first-order valence-electron chi connectivity index (χ1n) is 11.5. The Labute approximate surface area is 178 Å². The standard InChI is InChI=1S/C24H31FO4S/c1-2-30(27,28)13-22(26)20-8-19(18-3-4-18)23(9-21(20)25)29-14-24-10-15-5-16(11-24)7-17(6-15)12-24/h8-9,15-18H,2-7,10-14H2,1H3. The van der Waals surface area contributed by atoms with E-state index >= 15 is 0 Å². The van der Waals surface area contributed by atoms with E-state index in [0.717, 1.165) is 36.2 Å². The van der Waals surface area contributed by atoms with Crippen molar-refractivity contribution < 1.29 is 22.3 Å². The number of benzene rings is 1. The molecular weight excluding hydrogens is 403 g/mol. The lowest BCUT2D eigenvalue weighted by Gasteiger charge is -2.56. The summed E-state index contributed by atoms with van der Waals surface area (Å²) < 4.78 is 44.8. The fraction of sp³-hybridized carbons (Fsp3) is 0.708. The van der Waals surface area contributed by atoms with E-state index in [4.69, 9.17) is 4.74 Å². The topological polar surface area (TPSA) is 60.4 Å². The van der Waals surface area contributed by atoms with E-state index in [-0.39, 0.29) is 22.6 Å². The molecule has 0 aliphatic heterocycles. The number of carbonyl (C=O) groups excluding carboxylic acids is 1. The van der Waals surface area contributed by atoms with Gasteiger partial charge in [-0.05, 0) is 86.7 Å². The van der Waals surface area contributed by atoms with Gasteiger partial charge in [-0.15, -0.1) is 0 Å².